The van der Waals surface area contributed by atoms with Gasteiger partial charge in [0.25, 0.3) is 10.0 Å². The van der Waals surface area contributed by atoms with E-state index in [0.29, 0.717) is 24.6 Å². The quantitative estimate of drug-likeness (QED) is 0.598. The second kappa shape index (κ2) is 10.1. The van der Waals surface area contributed by atoms with Gasteiger partial charge in [0, 0.05) is 20.3 Å². The van der Waals surface area contributed by atoms with Gasteiger partial charge in [0.05, 0.1) is 20.6 Å². The summed E-state index contributed by atoms with van der Waals surface area (Å²) >= 11 is 12.0. The number of aryl methyl sites for hydroxylation is 1. The highest BCUT2D eigenvalue weighted by molar-refractivity contribution is 7.92. The molecule has 0 spiro atoms. The van der Waals surface area contributed by atoms with E-state index in [2.05, 4.69) is 5.32 Å². The van der Waals surface area contributed by atoms with Gasteiger partial charge >= 0.3 is 0 Å². The van der Waals surface area contributed by atoms with E-state index in [-0.39, 0.29) is 22.2 Å². The maximum atomic E-state index is 13.2. The number of hydrogen-bond donors (Lipinski definition) is 1. The molecule has 0 aromatic heterocycles. The average Bonchev–Trinajstić information content (AvgIpc) is 2.66. The molecule has 9 heteroatoms. The lowest BCUT2D eigenvalue weighted by Crippen LogP contribution is -2.41. The molecule has 2 aromatic rings. The van der Waals surface area contributed by atoms with Gasteiger partial charge in [0.1, 0.15) is 6.54 Å². The first-order chi connectivity index (χ1) is 13.3. The zero-order valence-electron chi connectivity index (χ0n) is 15.6. The number of carbonyl (C=O) groups excluding carboxylic acids is 1. The van der Waals surface area contributed by atoms with Gasteiger partial charge < -0.3 is 10.1 Å². The van der Waals surface area contributed by atoms with Crippen molar-refractivity contribution in [2.75, 3.05) is 31.1 Å². The molecule has 2 rings (SSSR count). The third-order valence-electron chi connectivity index (χ3n) is 3.93. The highest BCUT2D eigenvalue weighted by Gasteiger charge is 2.27. The second-order valence-electron chi connectivity index (χ2n) is 6.12. The van der Waals surface area contributed by atoms with Crippen LogP contribution in [0.25, 0.3) is 0 Å². The Balaban J connectivity index is 2.34. The minimum absolute atomic E-state index is 0.0800. The van der Waals surface area contributed by atoms with Gasteiger partial charge in [0.15, 0.2) is 0 Å². The lowest BCUT2D eigenvalue weighted by molar-refractivity contribution is -0.119. The summed E-state index contributed by atoms with van der Waals surface area (Å²) in [5.74, 6) is -0.433. The number of carbonyl (C=O) groups is 1. The van der Waals surface area contributed by atoms with Crippen LogP contribution in [0.15, 0.2) is 47.4 Å². The fourth-order valence-corrected chi connectivity index (χ4v) is 4.13. The van der Waals surface area contributed by atoms with Gasteiger partial charge in [-0.25, -0.2) is 8.42 Å². The number of nitrogens with zero attached hydrogens (tertiary/aromatic N) is 1. The van der Waals surface area contributed by atoms with Crippen LogP contribution < -0.4 is 9.62 Å². The molecule has 0 bridgehead atoms. The maximum absolute atomic E-state index is 13.2. The normalized spacial score (nSPS) is 11.3. The summed E-state index contributed by atoms with van der Waals surface area (Å²) in [5.41, 5.74) is 1.18. The van der Waals surface area contributed by atoms with Gasteiger partial charge in [-0.2, -0.15) is 0 Å². The Morgan fingerprint density at radius 2 is 1.79 bits per heavy atom. The molecule has 0 aliphatic carbocycles. The Morgan fingerprint density at radius 1 is 1.11 bits per heavy atom. The number of hydrogen-bond acceptors (Lipinski definition) is 4. The van der Waals surface area contributed by atoms with Gasteiger partial charge in [-0.3, -0.25) is 9.10 Å². The van der Waals surface area contributed by atoms with Crippen molar-refractivity contribution in [2.24, 2.45) is 0 Å². The molecule has 0 atom stereocenters. The van der Waals surface area contributed by atoms with Crippen LogP contribution in [0, 0.1) is 6.92 Å². The Morgan fingerprint density at radius 3 is 2.39 bits per heavy atom. The highest BCUT2D eigenvalue weighted by atomic mass is 35.5. The summed E-state index contributed by atoms with van der Waals surface area (Å²) in [6.45, 7) is 2.35. The van der Waals surface area contributed by atoms with Crippen molar-refractivity contribution in [2.45, 2.75) is 18.2 Å². The first kappa shape index (κ1) is 22.5. The van der Waals surface area contributed by atoms with Crippen LogP contribution in [0.2, 0.25) is 10.0 Å². The van der Waals surface area contributed by atoms with Crippen LogP contribution in [0.5, 0.6) is 0 Å². The fraction of sp³-hybridized carbons (Fsp3) is 0.316. The minimum atomic E-state index is -3.98. The molecule has 0 saturated heterocycles. The number of anilines is 1. The van der Waals surface area contributed by atoms with E-state index in [0.717, 1.165) is 9.87 Å². The predicted octanol–water partition coefficient (Wildman–Crippen LogP) is 3.65. The lowest BCUT2D eigenvalue weighted by Gasteiger charge is -2.24. The van der Waals surface area contributed by atoms with E-state index >= 15 is 0 Å². The summed E-state index contributed by atoms with van der Waals surface area (Å²) in [7, 11) is -2.41. The summed E-state index contributed by atoms with van der Waals surface area (Å²) in [5, 5.41) is 3.18. The molecule has 0 unspecified atom stereocenters. The standard InChI is InChI=1S/C19H22Cl2N2O4S/c1-14-4-7-16(8-5-14)28(25,26)23(13-19(24)22-10-3-11-27-2)15-6-9-17(20)18(21)12-15/h4-9,12H,3,10-11,13H2,1-2H3,(H,22,24). The molecule has 0 heterocycles. The molecule has 0 aliphatic heterocycles. The summed E-state index contributed by atoms with van der Waals surface area (Å²) in [6, 6.07) is 10.8. The van der Waals surface area contributed by atoms with Crippen LogP contribution in [0.1, 0.15) is 12.0 Å². The van der Waals surface area contributed by atoms with Crippen molar-refractivity contribution in [1.29, 1.82) is 0 Å². The molecule has 0 aliphatic rings. The zero-order chi connectivity index (χ0) is 20.7. The Kier molecular flexibility index (Phi) is 8.12. The molecule has 0 saturated carbocycles. The van der Waals surface area contributed by atoms with Crippen molar-refractivity contribution in [1.82, 2.24) is 5.32 Å². The third-order valence-corrected chi connectivity index (χ3v) is 6.46. The first-order valence-electron chi connectivity index (χ1n) is 8.56. The zero-order valence-corrected chi connectivity index (χ0v) is 17.9. The van der Waals surface area contributed by atoms with E-state index in [1.165, 1.54) is 30.3 Å². The Hall–Kier alpha value is -1.80. The van der Waals surface area contributed by atoms with E-state index in [4.69, 9.17) is 27.9 Å². The average molecular weight is 445 g/mol. The van der Waals surface area contributed by atoms with Crippen LogP contribution in [-0.4, -0.2) is 41.1 Å². The van der Waals surface area contributed by atoms with Crippen molar-refractivity contribution < 1.29 is 17.9 Å². The van der Waals surface area contributed by atoms with Gasteiger partial charge in [-0.05, 0) is 43.7 Å². The molecule has 0 radical (unpaired) electrons. The molecular weight excluding hydrogens is 423 g/mol. The van der Waals surface area contributed by atoms with Crippen molar-refractivity contribution >= 4 is 44.8 Å². The van der Waals surface area contributed by atoms with Gasteiger partial charge in [0.2, 0.25) is 5.91 Å². The first-order valence-corrected chi connectivity index (χ1v) is 10.8. The molecule has 152 valence electrons. The molecular formula is C19H22Cl2N2O4S. The lowest BCUT2D eigenvalue weighted by atomic mass is 10.2. The SMILES string of the molecule is COCCCNC(=O)CN(c1ccc(Cl)c(Cl)c1)S(=O)(=O)c1ccc(C)cc1. The minimum Gasteiger partial charge on any atom is -0.385 e. The number of amides is 1. The summed E-state index contributed by atoms with van der Waals surface area (Å²) in [6.07, 6.45) is 0.625. The number of sulfonamides is 1. The molecule has 1 amide bonds. The number of nitrogens with one attached hydrogen (secondary N) is 1. The summed E-state index contributed by atoms with van der Waals surface area (Å²) in [4.78, 5) is 12.4. The number of benzene rings is 2. The number of halogens is 2. The Bertz CT molecular complexity index is 918. The van der Waals surface area contributed by atoms with Crippen molar-refractivity contribution in [3.05, 3.63) is 58.1 Å². The number of rotatable bonds is 9. The molecule has 1 N–H and O–H groups in total. The number of methoxy groups -OCH3 is 1. The van der Waals surface area contributed by atoms with Crippen LogP contribution in [0.4, 0.5) is 5.69 Å². The molecule has 28 heavy (non-hydrogen) atoms. The maximum Gasteiger partial charge on any atom is 0.264 e. The van der Waals surface area contributed by atoms with E-state index in [1.54, 1.807) is 19.2 Å². The van der Waals surface area contributed by atoms with Crippen LogP contribution in [-0.2, 0) is 19.6 Å². The summed E-state index contributed by atoms with van der Waals surface area (Å²) < 4.78 is 32.4. The molecule has 2 aromatic carbocycles. The molecule has 6 nitrogen and oxygen atoms in total. The smallest absolute Gasteiger partial charge is 0.264 e. The topological polar surface area (TPSA) is 75.7 Å². The monoisotopic (exact) mass is 444 g/mol. The van der Waals surface area contributed by atoms with Crippen LogP contribution in [0.3, 0.4) is 0 Å². The highest BCUT2D eigenvalue weighted by Crippen LogP contribution is 2.30. The Labute approximate surface area is 175 Å². The van der Waals surface area contributed by atoms with Crippen LogP contribution >= 0.6 is 23.2 Å². The van der Waals surface area contributed by atoms with E-state index < -0.39 is 15.9 Å². The number of ether oxygens (including phenoxy) is 1. The van der Waals surface area contributed by atoms with Gasteiger partial charge in [-0.1, -0.05) is 40.9 Å². The molecule has 0 fully saturated rings. The predicted molar refractivity (Wildman–Crippen MR) is 112 cm³/mol. The van der Waals surface area contributed by atoms with Crippen molar-refractivity contribution in [3.8, 4) is 0 Å². The fourth-order valence-electron chi connectivity index (χ4n) is 2.42. The third kappa shape index (κ3) is 5.85. The second-order valence-corrected chi connectivity index (χ2v) is 8.80. The van der Waals surface area contributed by atoms with Gasteiger partial charge in [-0.15, -0.1) is 0 Å². The largest absolute Gasteiger partial charge is 0.385 e. The van der Waals surface area contributed by atoms with Crippen molar-refractivity contribution in [3.63, 3.8) is 0 Å². The van der Waals surface area contributed by atoms with E-state index in [1.807, 2.05) is 6.92 Å². The van der Waals surface area contributed by atoms with E-state index in [9.17, 15) is 13.2 Å².